The molecule has 0 atom stereocenters. The Morgan fingerprint density at radius 3 is 2.23 bits per heavy atom. The van der Waals surface area contributed by atoms with Crippen LogP contribution in [0.25, 0.3) is 0 Å². The van der Waals surface area contributed by atoms with Gasteiger partial charge in [-0.15, -0.1) is 0 Å². The molecule has 0 N–H and O–H groups in total. The van der Waals surface area contributed by atoms with Crippen LogP contribution in [0.15, 0.2) is 18.2 Å². The third kappa shape index (κ3) is 8.98. The molecule has 0 saturated carbocycles. The van der Waals surface area contributed by atoms with Crippen molar-refractivity contribution in [3.63, 3.8) is 0 Å². The molecule has 1 aliphatic heterocycles. The summed E-state index contributed by atoms with van der Waals surface area (Å²) in [5, 5.41) is 0.617. The highest BCUT2D eigenvalue weighted by atomic mass is 35.5. The molecule has 170 valence electrons. The van der Waals surface area contributed by atoms with Gasteiger partial charge < -0.3 is 28.7 Å². The van der Waals surface area contributed by atoms with Gasteiger partial charge in [0.2, 0.25) is 0 Å². The van der Waals surface area contributed by atoms with Gasteiger partial charge >= 0.3 is 6.09 Å². The number of carbonyl (C=O) groups is 1. The molecule has 0 radical (unpaired) electrons. The zero-order chi connectivity index (χ0) is 22.0. The Labute approximate surface area is 185 Å². The molecule has 1 heterocycles. The summed E-state index contributed by atoms with van der Waals surface area (Å²) in [7, 11) is 0. The first-order valence-corrected chi connectivity index (χ1v) is 11.0. The van der Waals surface area contributed by atoms with Crippen molar-refractivity contribution in [2.24, 2.45) is 0 Å². The molecule has 0 bridgehead atoms. The Kier molecular flexibility index (Phi) is 10.0. The number of benzene rings is 1. The van der Waals surface area contributed by atoms with E-state index in [-0.39, 0.29) is 6.09 Å². The molecule has 1 aromatic carbocycles. The van der Waals surface area contributed by atoms with E-state index in [1.54, 1.807) is 11.0 Å². The fraction of sp³-hybridized carbons (Fsp3) is 0.682. The smallest absolute Gasteiger partial charge is 0.410 e. The molecule has 1 fully saturated rings. The lowest BCUT2D eigenvalue weighted by Crippen LogP contribution is -2.50. The molecule has 0 spiro atoms. The Bertz CT molecular complexity index is 657. The number of amides is 1. The normalized spacial score (nSPS) is 14.7. The Morgan fingerprint density at radius 1 is 0.967 bits per heavy atom. The molecule has 1 amide bonds. The zero-order valence-electron chi connectivity index (χ0n) is 18.6. The van der Waals surface area contributed by atoms with E-state index >= 15 is 0 Å². The van der Waals surface area contributed by atoms with Crippen LogP contribution >= 0.6 is 11.6 Å². The lowest BCUT2D eigenvalue weighted by atomic mass is 10.2. The van der Waals surface area contributed by atoms with Crippen LogP contribution in [-0.4, -0.2) is 75.8 Å². The molecule has 1 aromatic rings. The van der Waals surface area contributed by atoms with Crippen LogP contribution in [0, 0.1) is 0 Å². The topological polar surface area (TPSA) is 60.5 Å². The molecule has 0 unspecified atom stereocenters. The van der Waals surface area contributed by atoms with Gasteiger partial charge in [0, 0.05) is 49.6 Å². The third-order valence-corrected chi connectivity index (χ3v) is 4.59. The number of piperazine rings is 1. The monoisotopic (exact) mass is 442 g/mol. The highest BCUT2D eigenvalue weighted by Gasteiger charge is 2.26. The highest BCUT2D eigenvalue weighted by molar-refractivity contribution is 6.31. The van der Waals surface area contributed by atoms with Crippen LogP contribution in [0.3, 0.4) is 0 Å². The van der Waals surface area contributed by atoms with Crippen molar-refractivity contribution in [2.45, 2.75) is 39.7 Å². The van der Waals surface area contributed by atoms with Crippen LogP contribution in [0.4, 0.5) is 10.5 Å². The number of hydrogen-bond acceptors (Lipinski definition) is 6. The fourth-order valence-corrected chi connectivity index (χ4v) is 3.19. The summed E-state index contributed by atoms with van der Waals surface area (Å²) in [6.45, 7) is 13.2. The lowest BCUT2D eigenvalue weighted by molar-refractivity contribution is 0.0240. The van der Waals surface area contributed by atoms with Crippen LogP contribution in [0.5, 0.6) is 5.75 Å². The number of rotatable bonds is 10. The minimum Gasteiger partial charge on any atom is -0.491 e. The molecule has 7 nitrogen and oxygen atoms in total. The van der Waals surface area contributed by atoms with E-state index in [1.807, 2.05) is 32.9 Å². The zero-order valence-corrected chi connectivity index (χ0v) is 19.4. The fourth-order valence-electron chi connectivity index (χ4n) is 2.97. The first-order chi connectivity index (χ1) is 14.3. The van der Waals surface area contributed by atoms with E-state index in [1.165, 1.54) is 0 Å². The van der Waals surface area contributed by atoms with E-state index in [0.717, 1.165) is 18.7 Å². The largest absolute Gasteiger partial charge is 0.491 e. The number of halogens is 1. The molecule has 1 saturated heterocycles. The average Bonchev–Trinajstić information content (AvgIpc) is 2.68. The second-order valence-electron chi connectivity index (χ2n) is 8.17. The minimum atomic E-state index is -0.486. The Balaban J connectivity index is 1.78. The van der Waals surface area contributed by atoms with Gasteiger partial charge in [-0.05, 0) is 39.3 Å². The van der Waals surface area contributed by atoms with Gasteiger partial charge in [0.1, 0.15) is 18.0 Å². The maximum Gasteiger partial charge on any atom is 0.410 e. The van der Waals surface area contributed by atoms with Gasteiger partial charge in [-0.2, -0.15) is 0 Å². The van der Waals surface area contributed by atoms with Gasteiger partial charge in [-0.25, -0.2) is 4.79 Å². The van der Waals surface area contributed by atoms with Gasteiger partial charge in [-0.3, -0.25) is 0 Å². The maximum atomic E-state index is 12.2. The predicted molar refractivity (Wildman–Crippen MR) is 119 cm³/mol. The first kappa shape index (κ1) is 24.6. The molecule has 0 aliphatic carbocycles. The summed E-state index contributed by atoms with van der Waals surface area (Å²) in [6.07, 6.45) is 0.744. The van der Waals surface area contributed by atoms with Crippen molar-refractivity contribution in [2.75, 3.05) is 64.1 Å². The number of nitrogens with zero attached hydrogens (tertiary/aromatic N) is 2. The number of ether oxygens (including phenoxy) is 4. The summed E-state index contributed by atoms with van der Waals surface area (Å²) in [6, 6.07) is 5.69. The summed E-state index contributed by atoms with van der Waals surface area (Å²) in [5.74, 6) is 0.706. The van der Waals surface area contributed by atoms with Crippen LogP contribution in [0.1, 0.15) is 34.1 Å². The molecular weight excluding hydrogens is 408 g/mol. The second kappa shape index (κ2) is 12.2. The lowest BCUT2D eigenvalue weighted by Gasteiger charge is -2.36. The number of hydrogen-bond donors (Lipinski definition) is 0. The first-order valence-electron chi connectivity index (χ1n) is 10.6. The van der Waals surface area contributed by atoms with E-state index in [4.69, 9.17) is 30.5 Å². The number of anilines is 1. The maximum absolute atomic E-state index is 12.2. The molecule has 30 heavy (non-hydrogen) atoms. The van der Waals surface area contributed by atoms with Crippen molar-refractivity contribution in [3.8, 4) is 5.75 Å². The van der Waals surface area contributed by atoms with Gasteiger partial charge in [0.15, 0.2) is 0 Å². The van der Waals surface area contributed by atoms with Crippen LogP contribution in [0.2, 0.25) is 5.02 Å². The van der Waals surface area contributed by atoms with Crippen molar-refractivity contribution in [1.29, 1.82) is 0 Å². The SMILES string of the molecule is CCCOCCOCCOc1cc(Cl)cc(N2CCN(C(=O)OC(C)(C)C)CC2)c1. The molecule has 2 rings (SSSR count). The summed E-state index contributed by atoms with van der Waals surface area (Å²) in [5.41, 5.74) is 0.495. The highest BCUT2D eigenvalue weighted by Crippen LogP contribution is 2.28. The van der Waals surface area contributed by atoms with E-state index in [2.05, 4.69) is 11.8 Å². The standard InChI is InChI=1S/C22H35ClN2O5/c1-5-10-27-11-12-28-13-14-29-20-16-18(23)15-19(17-20)24-6-8-25(9-7-24)21(26)30-22(2,3)4/h15-17H,5-14H2,1-4H3. The summed E-state index contributed by atoms with van der Waals surface area (Å²) < 4.78 is 22.1. The van der Waals surface area contributed by atoms with Crippen molar-refractivity contribution < 1.29 is 23.7 Å². The van der Waals surface area contributed by atoms with Crippen molar-refractivity contribution in [1.82, 2.24) is 4.90 Å². The van der Waals surface area contributed by atoms with E-state index in [0.29, 0.717) is 63.4 Å². The van der Waals surface area contributed by atoms with Gasteiger partial charge in [0.05, 0.1) is 19.8 Å². The number of carbonyl (C=O) groups excluding carboxylic acids is 1. The van der Waals surface area contributed by atoms with Crippen LogP contribution < -0.4 is 9.64 Å². The van der Waals surface area contributed by atoms with E-state index in [9.17, 15) is 4.79 Å². The Morgan fingerprint density at radius 2 is 1.60 bits per heavy atom. The van der Waals surface area contributed by atoms with Crippen molar-refractivity contribution in [3.05, 3.63) is 23.2 Å². The molecular formula is C22H35ClN2O5. The third-order valence-electron chi connectivity index (χ3n) is 4.37. The Hall–Kier alpha value is -1.70. The summed E-state index contributed by atoms with van der Waals surface area (Å²) >= 11 is 6.29. The van der Waals surface area contributed by atoms with Crippen LogP contribution in [-0.2, 0) is 14.2 Å². The van der Waals surface area contributed by atoms with E-state index < -0.39 is 5.60 Å². The quantitative estimate of drug-likeness (QED) is 0.505. The predicted octanol–water partition coefficient (Wildman–Crippen LogP) is 4.22. The molecule has 1 aliphatic rings. The minimum absolute atomic E-state index is 0.266. The van der Waals surface area contributed by atoms with Crippen molar-refractivity contribution >= 4 is 23.4 Å². The van der Waals surface area contributed by atoms with Gasteiger partial charge in [0.25, 0.3) is 0 Å². The molecule has 0 aromatic heterocycles. The average molecular weight is 443 g/mol. The summed E-state index contributed by atoms with van der Waals surface area (Å²) in [4.78, 5) is 16.2. The second-order valence-corrected chi connectivity index (χ2v) is 8.61. The van der Waals surface area contributed by atoms with Gasteiger partial charge in [-0.1, -0.05) is 18.5 Å². The molecule has 8 heteroatoms.